The van der Waals surface area contributed by atoms with Crippen molar-refractivity contribution >= 4 is 30.1 Å². The van der Waals surface area contributed by atoms with Gasteiger partial charge in [0.25, 0.3) is 0 Å². The molecule has 0 heterocycles. The van der Waals surface area contributed by atoms with Crippen molar-refractivity contribution in [2.45, 2.75) is 62.8 Å². The fourth-order valence-corrected chi connectivity index (χ4v) is 4.29. The lowest BCUT2D eigenvalue weighted by atomic mass is 9.79. The van der Waals surface area contributed by atoms with E-state index < -0.39 is 78.4 Å². The van der Waals surface area contributed by atoms with Gasteiger partial charge in [0.05, 0.1) is 19.3 Å². The molecule has 1 aliphatic carbocycles. The fraction of sp³-hybridized carbons (Fsp3) is 0.387. The fourth-order valence-electron chi connectivity index (χ4n) is 4.29. The Bertz CT molecular complexity index is 1330. The first kappa shape index (κ1) is 34.9. The van der Waals surface area contributed by atoms with Crippen molar-refractivity contribution in [1.29, 1.82) is 0 Å². The minimum Gasteiger partial charge on any atom is -0.504 e. The van der Waals surface area contributed by atoms with Gasteiger partial charge in [-0.1, -0.05) is 12.1 Å². The molecular weight excluding hydrogens is 596 g/mol. The van der Waals surface area contributed by atoms with Gasteiger partial charge in [-0.15, -0.1) is 0 Å². The van der Waals surface area contributed by atoms with Gasteiger partial charge in [-0.3, -0.25) is 0 Å². The summed E-state index contributed by atoms with van der Waals surface area (Å²) in [5, 5.41) is 69.6. The summed E-state index contributed by atoms with van der Waals surface area (Å²) < 4.78 is 21.3. The van der Waals surface area contributed by atoms with Gasteiger partial charge < -0.3 is 54.7 Å². The zero-order chi connectivity index (χ0) is 33.3. The molecule has 0 aromatic heterocycles. The monoisotopic (exact) mass is 632 g/mol. The lowest BCUT2D eigenvalue weighted by molar-refractivity contribution is -0.209. The molecule has 7 N–H and O–H groups in total. The summed E-state index contributed by atoms with van der Waals surface area (Å²) >= 11 is 0. The van der Waals surface area contributed by atoms with Crippen molar-refractivity contribution in [1.82, 2.24) is 0 Å². The number of esters is 3. The number of rotatable bonds is 12. The maximum Gasteiger partial charge on any atom is 0.338 e. The minimum atomic E-state index is -2.38. The molecule has 1 saturated carbocycles. The van der Waals surface area contributed by atoms with Crippen molar-refractivity contribution in [2.75, 3.05) is 13.2 Å². The molecule has 0 bridgehead atoms. The molecule has 3 rings (SSSR count). The molecule has 0 spiro atoms. The molecule has 2 unspecified atom stereocenters. The van der Waals surface area contributed by atoms with Crippen LogP contribution >= 0.6 is 0 Å². The Morgan fingerprint density at radius 3 is 1.71 bits per heavy atom. The van der Waals surface area contributed by atoms with E-state index >= 15 is 0 Å². The van der Waals surface area contributed by atoms with Crippen LogP contribution in [-0.2, 0) is 33.3 Å². The summed E-state index contributed by atoms with van der Waals surface area (Å²) in [7, 11) is 0. The molecule has 14 heteroatoms. The van der Waals surface area contributed by atoms with Crippen LogP contribution in [0.2, 0.25) is 0 Å². The largest absolute Gasteiger partial charge is 0.504 e. The second kappa shape index (κ2) is 15.4. The van der Waals surface area contributed by atoms with Gasteiger partial charge >= 0.3 is 17.9 Å². The number of phenolic OH excluding ortho intramolecular Hbond substituents is 4. The van der Waals surface area contributed by atoms with Crippen LogP contribution in [0.4, 0.5) is 0 Å². The first-order valence-electron chi connectivity index (χ1n) is 13.9. The summed E-state index contributed by atoms with van der Waals surface area (Å²) in [5.41, 5.74) is -1.75. The van der Waals surface area contributed by atoms with Gasteiger partial charge in [-0.2, -0.15) is 0 Å². The Kier molecular flexibility index (Phi) is 11.9. The van der Waals surface area contributed by atoms with Crippen LogP contribution in [0.15, 0.2) is 48.6 Å². The SMILES string of the molecule is CC(CO)OCC(C)OC(=O)[C@]1(O)C[C@@H](OC(=O)/C=C/c2ccc(O)c(O)c2)[C@@H](O)[C@H](OC(=O)/C=C/c2ccc(O)c(O)c2)C1. The molecule has 0 aliphatic heterocycles. The van der Waals surface area contributed by atoms with E-state index in [0.29, 0.717) is 11.1 Å². The van der Waals surface area contributed by atoms with Gasteiger partial charge in [0, 0.05) is 25.0 Å². The molecule has 0 saturated heterocycles. The molecule has 2 aromatic rings. The average molecular weight is 633 g/mol. The number of aliphatic hydroxyl groups excluding tert-OH is 2. The number of carbonyl (C=O) groups excluding carboxylic acids is 3. The van der Waals surface area contributed by atoms with Crippen LogP contribution in [0.3, 0.4) is 0 Å². The van der Waals surface area contributed by atoms with Crippen molar-refractivity contribution in [3.8, 4) is 23.0 Å². The Balaban J connectivity index is 1.78. The van der Waals surface area contributed by atoms with Crippen LogP contribution in [0.25, 0.3) is 12.2 Å². The lowest BCUT2D eigenvalue weighted by Gasteiger charge is -2.41. The maximum atomic E-state index is 13.1. The molecule has 1 fully saturated rings. The molecule has 1 aliphatic rings. The van der Waals surface area contributed by atoms with E-state index in [-0.39, 0.29) is 24.7 Å². The quantitative estimate of drug-likeness (QED) is 0.0757. The predicted molar refractivity (Wildman–Crippen MR) is 156 cm³/mol. The normalized spacial score (nSPS) is 23.0. The van der Waals surface area contributed by atoms with E-state index in [9.17, 15) is 45.0 Å². The van der Waals surface area contributed by atoms with Gasteiger partial charge in [0.15, 0.2) is 28.6 Å². The molecule has 0 amide bonds. The number of aliphatic hydroxyl groups is 3. The highest BCUT2D eigenvalue weighted by Gasteiger charge is 2.53. The van der Waals surface area contributed by atoms with E-state index in [2.05, 4.69) is 0 Å². The molecule has 14 nitrogen and oxygen atoms in total. The van der Waals surface area contributed by atoms with Crippen molar-refractivity contribution in [3.63, 3.8) is 0 Å². The number of carbonyl (C=O) groups is 3. The van der Waals surface area contributed by atoms with Crippen LogP contribution < -0.4 is 0 Å². The van der Waals surface area contributed by atoms with Gasteiger partial charge in [-0.05, 0) is 61.4 Å². The second-order valence-electron chi connectivity index (χ2n) is 10.6. The van der Waals surface area contributed by atoms with Crippen molar-refractivity contribution in [2.24, 2.45) is 0 Å². The topological polar surface area (TPSA) is 230 Å². The Labute approximate surface area is 258 Å². The van der Waals surface area contributed by atoms with Crippen LogP contribution in [0.1, 0.15) is 37.8 Å². The summed E-state index contributed by atoms with van der Waals surface area (Å²) in [6, 6.07) is 7.56. The molecule has 45 heavy (non-hydrogen) atoms. The average Bonchev–Trinajstić information content (AvgIpc) is 2.99. The number of benzene rings is 2. The predicted octanol–water partition coefficient (Wildman–Crippen LogP) is 1.27. The summed E-state index contributed by atoms with van der Waals surface area (Å²) in [5.74, 6) is -4.78. The highest BCUT2D eigenvalue weighted by Crippen LogP contribution is 2.35. The molecule has 4 atom stereocenters. The Hall–Kier alpha value is -4.63. The van der Waals surface area contributed by atoms with Crippen molar-refractivity contribution < 1.29 is 69.1 Å². The summed E-state index contributed by atoms with van der Waals surface area (Å²) in [6.45, 7) is 2.70. The highest BCUT2D eigenvalue weighted by molar-refractivity contribution is 5.88. The number of ether oxygens (including phenoxy) is 4. The van der Waals surface area contributed by atoms with Crippen molar-refractivity contribution in [3.05, 3.63) is 59.7 Å². The first-order valence-corrected chi connectivity index (χ1v) is 13.9. The third-order valence-corrected chi connectivity index (χ3v) is 6.76. The lowest BCUT2D eigenvalue weighted by Crippen LogP contribution is -2.58. The zero-order valence-corrected chi connectivity index (χ0v) is 24.5. The third kappa shape index (κ3) is 9.94. The minimum absolute atomic E-state index is 0.113. The second-order valence-corrected chi connectivity index (χ2v) is 10.6. The van der Waals surface area contributed by atoms with E-state index in [1.54, 1.807) is 6.92 Å². The third-order valence-electron chi connectivity index (χ3n) is 6.76. The van der Waals surface area contributed by atoms with Crippen LogP contribution in [-0.4, -0.2) is 103 Å². The highest BCUT2D eigenvalue weighted by atomic mass is 16.6. The van der Waals surface area contributed by atoms with E-state index in [0.717, 1.165) is 12.2 Å². The van der Waals surface area contributed by atoms with Gasteiger partial charge in [-0.25, -0.2) is 14.4 Å². The molecule has 244 valence electrons. The number of phenols is 4. The standard InChI is InChI=1S/C31H36O14/c1-17(15-32)42-16-18(2)43-30(40)31(41)13-25(44-27(37)9-5-19-3-7-21(33)23(35)11-19)29(39)26(14-31)45-28(38)10-6-20-4-8-22(34)24(36)12-20/h3-12,17-18,25-26,29,32-36,39,41H,13-16H2,1-2H3/b9-5+,10-6+/t17?,18?,25-,26-,29-,31+/m1/s1. The summed E-state index contributed by atoms with van der Waals surface area (Å²) in [6.07, 6.45) is -3.07. The Morgan fingerprint density at radius 1 is 0.822 bits per heavy atom. The van der Waals surface area contributed by atoms with Crippen LogP contribution in [0, 0.1) is 0 Å². The smallest absolute Gasteiger partial charge is 0.338 e. The number of aromatic hydroxyl groups is 4. The van der Waals surface area contributed by atoms with E-state index in [4.69, 9.17) is 24.1 Å². The number of hydrogen-bond acceptors (Lipinski definition) is 14. The van der Waals surface area contributed by atoms with Gasteiger partial charge in [0.2, 0.25) is 0 Å². The van der Waals surface area contributed by atoms with E-state index in [1.165, 1.54) is 55.5 Å². The molecule has 2 aromatic carbocycles. The summed E-state index contributed by atoms with van der Waals surface area (Å²) in [4.78, 5) is 38.4. The molecular formula is C31H36O14. The van der Waals surface area contributed by atoms with Crippen LogP contribution in [0.5, 0.6) is 23.0 Å². The van der Waals surface area contributed by atoms with E-state index in [1.807, 2.05) is 0 Å². The van der Waals surface area contributed by atoms with Gasteiger partial charge in [0.1, 0.15) is 24.4 Å². The Morgan fingerprint density at radius 2 is 1.29 bits per heavy atom. The molecule has 0 radical (unpaired) electrons. The first-order chi connectivity index (χ1) is 21.2. The number of hydrogen-bond donors (Lipinski definition) is 7. The zero-order valence-electron chi connectivity index (χ0n) is 24.5. The maximum absolute atomic E-state index is 13.1.